The summed E-state index contributed by atoms with van der Waals surface area (Å²) in [5.41, 5.74) is 2.01. The number of nitrogens with one attached hydrogen (secondary N) is 2. The van der Waals surface area contributed by atoms with E-state index in [1.165, 1.54) is 12.8 Å². The number of pyridine rings is 1. The van der Waals surface area contributed by atoms with E-state index < -0.39 is 0 Å². The number of likely N-dealkylation sites (N-methyl/N-ethyl adjacent to an activating group) is 1. The van der Waals surface area contributed by atoms with Gasteiger partial charge in [-0.05, 0) is 38.8 Å². The maximum absolute atomic E-state index is 4.86. The highest BCUT2D eigenvalue weighted by Crippen LogP contribution is 2.27. The molecule has 7 nitrogen and oxygen atoms in total. The van der Waals surface area contributed by atoms with Crippen molar-refractivity contribution in [3.8, 4) is 0 Å². The smallest absolute Gasteiger partial charge is 0.162 e. The van der Waals surface area contributed by atoms with Crippen LogP contribution in [0.3, 0.4) is 0 Å². The molecule has 26 heavy (non-hydrogen) atoms. The third-order valence-corrected chi connectivity index (χ3v) is 4.62. The van der Waals surface area contributed by atoms with Gasteiger partial charge in [-0.2, -0.15) is 9.61 Å². The van der Waals surface area contributed by atoms with Gasteiger partial charge in [-0.3, -0.25) is 0 Å². The zero-order chi connectivity index (χ0) is 17.9. The first-order chi connectivity index (χ1) is 12.7. The fourth-order valence-corrected chi connectivity index (χ4v) is 2.98. The molecule has 3 aromatic rings. The number of hydrogen-bond acceptors (Lipinski definition) is 6. The van der Waals surface area contributed by atoms with Gasteiger partial charge in [-0.15, -0.1) is 0 Å². The molecule has 0 spiro atoms. The lowest BCUT2D eigenvalue weighted by molar-refractivity contribution is 0.810. The largest absolute Gasteiger partial charge is 0.368 e. The standard InChI is InChI=1S/C19H25N7/c1-3-25(11-10-21-16-6-4-5-9-20-16)17-12-18(23-15-7-8-15)26-19(24-17)14(2)13-22-26/h4-6,9,12-13,15,23H,3,7-8,10-11H2,1-2H3,(H,20,21). The summed E-state index contributed by atoms with van der Waals surface area (Å²) in [6.07, 6.45) is 6.13. The molecular formula is C19H25N7. The van der Waals surface area contributed by atoms with Crippen LogP contribution in [0.5, 0.6) is 0 Å². The van der Waals surface area contributed by atoms with Gasteiger partial charge in [0.2, 0.25) is 0 Å². The summed E-state index contributed by atoms with van der Waals surface area (Å²) in [6.45, 7) is 6.76. The second-order valence-corrected chi connectivity index (χ2v) is 6.70. The average molecular weight is 351 g/mol. The van der Waals surface area contributed by atoms with Crippen LogP contribution >= 0.6 is 0 Å². The molecule has 0 amide bonds. The van der Waals surface area contributed by atoms with Gasteiger partial charge in [-0.1, -0.05) is 6.07 Å². The molecule has 7 heteroatoms. The van der Waals surface area contributed by atoms with Crippen LogP contribution in [0, 0.1) is 6.92 Å². The predicted octanol–water partition coefficient (Wildman–Crippen LogP) is 2.95. The average Bonchev–Trinajstić information content (AvgIpc) is 3.41. The summed E-state index contributed by atoms with van der Waals surface area (Å²) in [5.74, 6) is 2.90. The van der Waals surface area contributed by atoms with E-state index in [2.05, 4.69) is 45.5 Å². The molecule has 3 aromatic heterocycles. The normalized spacial score (nSPS) is 13.8. The van der Waals surface area contributed by atoms with E-state index in [1.54, 1.807) is 6.20 Å². The molecule has 0 aromatic carbocycles. The summed E-state index contributed by atoms with van der Waals surface area (Å²) < 4.78 is 1.91. The lowest BCUT2D eigenvalue weighted by Crippen LogP contribution is -2.30. The molecule has 1 saturated carbocycles. The van der Waals surface area contributed by atoms with Crippen molar-refractivity contribution in [2.45, 2.75) is 32.7 Å². The molecule has 3 heterocycles. The van der Waals surface area contributed by atoms with Crippen LogP contribution < -0.4 is 15.5 Å². The van der Waals surface area contributed by atoms with E-state index in [-0.39, 0.29) is 0 Å². The molecule has 0 bridgehead atoms. The van der Waals surface area contributed by atoms with E-state index >= 15 is 0 Å². The first-order valence-electron chi connectivity index (χ1n) is 9.26. The van der Waals surface area contributed by atoms with E-state index in [9.17, 15) is 0 Å². The van der Waals surface area contributed by atoms with Gasteiger partial charge in [0.15, 0.2) is 5.65 Å². The quantitative estimate of drug-likeness (QED) is 0.650. The minimum absolute atomic E-state index is 0.568. The van der Waals surface area contributed by atoms with Crippen molar-refractivity contribution in [3.63, 3.8) is 0 Å². The van der Waals surface area contributed by atoms with Crippen LogP contribution in [0.25, 0.3) is 5.65 Å². The van der Waals surface area contributed by atoms with Gasteiger partial charge in [-0.25, -0.2) is 9.97 Å². The van der Waals surface area contributed by atoms with Crippen molar-refractivity contribution >= 4 is 23.1 Å². The van der Waals surface area contributed by atoms with Gasteiger partial charge >= 0.3 is 0 Å². The molecule has 1 aliphatic rings. The van der Waals surface area contributed by atoms with Crippen molar-refractivity contribution in [1.82, 2.24) is 19.6 Å². The van der Waals surface area contributed by atoms with Crippen molar-refractivity contribution in [3.05, 3.63) is 42.2 Å². The molecule has 1 fully saturated rings. The highest BCUT2D eigenvalue weighted by atomic mass is 15.3. The van der Waals surface area contributed by atoms with Gasteiger partial charge in [0, 0.05) is 43.5 Å². The maximum atomic E-state index is 4.86. The molecule has 136 valence electrons. The molecule has 4 rings (SSSR count). The monoisotopic (exact) mass is 351 g/mol. The van der Waals surface area contributed by atoms with E-state index in [0.29, 0.717) is 6.04 Å². The van der Waals surface area contributed by atoms with Crippen molar-refractivity contribution in [2.24, 2.45) is 0 Å². The Morgan fingerprint density at radius 3 is 2.92 bits per heavy atom. The molecule has 2 N–H and O–H groups in total. The van der Waals surface area contributed by atoms with Gasteiger partial charge in [0.1, 0.15) is 17.5 Å². The van der Waals surface area contributed by atoms with Crippen LogP contribution in [-0.2, 0) is 0 Å². The molecule has 0 saturated heterocycles. The Morgan fingerprint density at radius 2 is 2.19 bits per heavy atom. The van der Waals surface area contributed by atoms with E-state index in [4.69, 9.17) is 4.98 Å². The highest BCUT2D eigenvalue weighted by Gasteiger charge is 2.23. The minimum atomic E-state index is 0.568. The molecular weight excluding hydrogens is 326 g/mol. The number of aryl methyl sites for hydroxylation is 1. The maximum Gasteiger partial charge on any atom is 0.162 e. The van der Waals surface area contributed by atoms with E-state index in [0.717, 1.165) is 48.3 Å². The molecule has 0 radical (unpaired) electrons. The van der Waals surface area contributed by atoms with Crippen molar-refractivity contribution < 1.29 is 0 Å². The fraction of sp³-hybridized carbons (Fsp3) is 0.421. The number of nitrogens with zero attached hydrogens (tertiary/aromatic N) is 5. The fourth-order valence-electron chi connectivity index (χ4n) is 2.98. The number of anilines is 3. The molecule has 0 aliphatic heterocycles. The van der Waals surface area contributed by atoms with Crippen LogP contribution in [0.15, 0.2) is 36.7 Å². The Morgan fingerprint density at radius 1 is 1.31 bits per heavy atom. The van der Waals surface area contributed by atoms with Gasteiger partial charge in [0.25, 0.3) is 0 Å². The lowest BCUT2D eigenvalue weighted by atomic mass is 10.3. The number of aromatic nitrogens is 4. The number of hydrogen-bond donors (Lipinski definition) is 2. The number of rotatable bonds is 8. The summed E-state index contributed by atoms with van der Waals surface area (Å²) in [7, 11) is 0. The second kappa shape index (κ2) is 7.19. The van der Waals surface area contributed by atoms with Crippen LogP contribution in [0.2, 0.25) is 0 Å². The summed E-state index contributed by atoms with van der Waals surface area (Å²) in [4.78, 5) is 11.4. The Kier molecular flexibility index (Phi) is 4.60. The van der Waals surface area contributed by atoms with Crippen molar-refractivity contribution in [2.75, 3.05) is 35.2 Å². The Hall–Kier alpha value is -2.83. The van der Waals surface area contributed by atoms with Gasteiger partial charge in [0.05, 0.1) is 6.20 Å². The second-order valence-electron chi connectivity index (χ2n) is 6.70. The summed E-state index contributed by atoms with van der Waals surface area (Å²) in [6, 6.07) is 8.57. The zero-order valence-electron chi connectivity index (χ0n) is 15.3. The van der Waals surface area contributed by atoms with E-state index in [1.807, 2.05) is 28.9 Å². The Bertz CT molecular complexity index is 870. The highest BCUT2D eigenvalue weighted by molar-refractivity contribution is 5.61. The SMILES string of the molecule is CCN(CCNc1ccccn1)c1cc(NC2CC2)n2ncc(C)c2n1. The molecule has 0 atom stereocenters. The van der Waals surface area contributed by atoms with Crippen molar-refractivity contribution in [1.29, 1.82) is 0 Å². The Labute approximate surface area is 153 Å². The topological polar surface area (TPSA) is 70.4 Å². The van der Waals surface area contributed by atoms with Gasteiger partial charge < -0.3 is 15.5 Å². The van der Waals surface area contributed by atoms with Crippen LogP contribution in [-0.4, -0.2) is 45.3 Å². The first-order valence-corrected chi connectivity index (χ1v) is 9.26. The number of fused-ring (bicyclic) bond motifs is 1. The first kappa shape index (κ1) is 16.6. The zero-order valence-corrected chi connectivity index (χ0v) is 15.3. The summed E-state index contributed by atoms with van der Waals surface area (Å²) in [5, 5.41) is 11.4. The minimum Gasteiger partial charge on any atom is -0.368 e. The third-order valence-electron chi connectivity index (χ3n) is 4.62. The lowest BCUT2D eigenvalue weighted by Gasteiger charge is -2.23. The Balaban J connectivity index is 1.53. The predicted molar refractivity (Wildman–Crippen MR) is 105 cm³/mol. The van der Waals surface area contributed by atoms with Crippen LogP contribution in [0.4, 0.5) is 17.5 Å². The molecule has 1 aliphatic carbocycles. The third kappa shape index (κ3) is 3.56. The summed E-state index contributed by atoms with van der Waals surface area (Å²) >= 11 is 0. The van der Waals surface area contributed by atoms with Crippen LogP contribution in [0.1, 0.15) is 25.3 Å². The molecule has 0 unspecified atom stereocenters.